The third-order valence-corrected chi connectivity index (χ3v) is 3.90. The second-order valence-electron chi connectivity index (χ2n) is 5.12. The van der Waals surface area contributed by atoms with Gasteiger partial charge in [0.05, 0.1) is 0 Å². The van der Waals surface area contributed by atoms with Crippen LogP contribution in [0.4, 0.5) is 0 Å². The van der Waals surface area contributed by atoms with E-state index in [1.54, 1.807) is 0 Å². The van der Waals surface area contributed by atoms with Gasteiger partial charge in [-0.2, -0.15) is 0 Å². The van der Waals surface area contributed by atoms with Crippen molar-refractivity contribution in [3.8, 4) is 0 Å². The minimum Gasteiger partial charge on any atom is -0.355 e. The van der Waals surface area contributed by atoms with Crippen molar-refractivity contribution in [1.82, 2.24) is 10.2 Å². The van der Waals surface area contributed by atoms with Crippen molar-refractivity contribution < 1.29 is 14.7 Å². The van der Waals surface area contributed by atoms with E-state index in [1.807, 2.05) is 0 Å². The third kappa shape index (κ3) is 5.73. The van der Waals surface area contributed by atoms with Gasteiger partial charge in [-0.15, -0.1) is 10.1 Å². The molecular formula is C13H25N3O4. The summed E-state index contributed by atoms with van der Waals surface area (Å²) in [6.45, 7) is 7.68. The molecular weight excluding hydrogens is 262 g/mol. The van der Waals surface area contributed by atoms with E-state index in [0.29, 0.717) is 32.2 Å². The molecule has 0 aromatic rings. The lowest BCUT2D eigenvalue weighted by Gasteiger charge is -2.26. The Balaban J connectivity index is 2.20. The molecule has 116 valence electrons. The molecule has 1 N–H and O–H groups in total. The Morgan fingerprint density at radius 3 is 2.40 bits per heavy atom. The van der Waals surface area contributed by atoms with Gasteiger partial charge in [-0.1, -0.05) is 13.8 Å². The molecule has 1 aliphatic carbocycles. The molecule has 1 amide bonds. The summed E-state index contributed by atoms with van der Waals surface area (Å²) in [7, 11) is 0. The lowest BCUT2D eigenvalue weighted by Crippen LogP contribution is -2.39. The Hall–Kier alpha value is -1.37. The Labute approximate surface area is 119 Å². The molecule has 0 spiro atoms. The topological polar surface area (TPSA) is 84.7 Å². The molecule has 0 heterocycles. The number of nitrogens with zero attached hydrogens (tertiary/aromatic N) is 2. The number of rotatable bonds is 8. The van der Waals surface area contributed by atoms with Crippen molar-refractivity contribution in [3.05, 3.63) is 10.1 Å². The van der Waals surface area contributed by atoms with Crippen molar-refractivity contribution >= 4 is 5.91 Å². The number of amides is 1. The number of likely N-dealkylation sites (N-methyl/N-ethyl adjacent to an activating group) is 1. The van der Waals surface area contributed by atoms with E-state index in [-0.39, 0.29) is 17.9 Å². The van der Waals surface area contributed by atoms with Crippen LogP contribution in [0.2, 0.25) is 0 Å². The molecule has 1 saturated carbocycles. The van der Waals surface area contributed by atoms with Crippen LogP contribution in [-0.2, 0) is 9.63 Å². The molecule has 0 atom stereocenters. The van der Waals surface area contributed by atoms with E-state index in [2.05, 4.69) is 28.9 Å². The average Bonchev–Trinajstić information content (AvgIpc) is 2.43. The van der Waals surface area contributed by atoms with Crippen LogP contribution in [0.5, 0.6) is 0 Å². The maximum Gasteiger partial charge on any atom is 0.294 e. The maximum absolute atomic E-state index is 12.0. The zero-order valence-electron chi connectivity index (χ0n) is 12.3. The van der Waals surface area contributed by atoms with Gasteiger partial charge in [-0.3, -0.25) is 4.79 Å². The highest BCUT2D eigenvalue weighted by atomic mass is 17.0. The highest BCUT2D eigenvalue weighted by molar-refractivity contribution is 5.78. The maximum atomic E-state index is 12.0. The van der Waals surface area contributed by atoms with E-state index >= 15 is 0 Å². The van der Waals surface area contributed by atoms with Crippen molar-refractivity contribution in [1.29, 1.82) is 0 Å². The van der Waals surface area contributed by atoms with E-state index in [1.165, 1.54) is 0 Å². The van der Waals surface area contributed by atoms with Gasteiger partial charge in [0.1, 0.15) is 6.10 Å². The van der Waals surface area contributed by atoms with E-state index in [0.717, 1.165) is 19.6 Å². The van der Waals surface area contributed by atoms with E-state index in [4.69, 9.17) is 0 Å². The normalized spacial score (nSPS) is 22.6. The summed E-state index contributed by atoms with van der Waals surface area (Å²) in [6.07, 6.45) is 2.14. The van der Waals surface area contributed by atoms with Crippen LogP contribution >= 0.6 is 0 Å². The number of hydrogen-bond donors (Lipinski definition) is 1. The van der Waals surface area contributed by atoms with E-state index in [9.17, 15) is 14.9 Å². The SMILES string of the molecule is CCN(CC)CCNC(=O)C1CCC(O[N+](=O)[O-])CC1. The molecule has 20 heavy (non-hydrogen) atoms. The van der Waals surface area contributed by atoms with E-state index < -0.39 is 5.09 Å². The Bertz CT molecular complexity index is 313. The Morgan fingerprint density at radius 1 is 1.30 bits per heavy atom. The smallest absolute Gasteiger partial charge is 0.294 e. The largest absolute Gasteiger partial charge is 0.355 e. The standard InChI is InChI=1S/C13H25N3O4/c1-3-15(4-2)10-9-14-13(17)11-5-7-12(8-6-11)20-16(18)19/h11-12H,3-10H2,1-2H3,(H,14,17). The summed E-state index contributed by atoms with van der Waals surface area (Å²) in [5, 5.41) is 12.5. The third-order valence-electron chi connectivity index (χ3n) is 3.90. The molecule has 7 heteroatoms. The fraction of sp³-hybridized carbons (Fsp3) is 0.923. The van der Waals surface area contributed by atoms with Gasteiger partial charge in [-0.25, -0.2) is 0 Å². The van der Waals surface area contributed by atoms with Gasteiger partial charge in [0, 0.05) is 19.0 Å². The molecule has 0 aromatic heterocycles. The molecule has 0 radical (unpaired) electrons. The van der Waals surface area contributed by atoms with Gasteiger partial charge in [0.25, 0.3) is 5.09 Å². The predicted molar refractivity (Wildman–Crippen MR) is 74.6 cm³/mol. The number of nitrogens with one attached hydrogen (secondary N) is 1. The number of carbonyl (C=O) groups excluding carboxylic acids is 1. The fourth-order valence-corrected chi connectivity index (χ4v) is 2.57. The Morgan fingerprint density at radius 2 is 1.90 bits per heavy atom. The van der Waals surface area contributed by atoms with Gasteiger partial charge >= 0.3 is 0 Å². The molecule has 7 nitrogen and oxygen atoms in total. The summed E-state index contributed by atoms with van der Waals surface area (Å²) in [4.78, 5) is 29.0. The zero-order valence-corrected chi connectivity index (χ0v) is 12.3. The molecule has 1 rings (SSSR count). The first-order valence-corrected chi connectivity index (χ1v) is 7.38. The summed E-state index contributed by atoms with van der Waals surface area (Å²) < 4.78 is 0. The minimum absolute atomic E-state index is 0.0293. The van der Waals surface area contributed by atoms with Crippen molar-refractivity contribution in [2.75, 3.05) is 26.2 Å². The first-order chi connectivity index (χ1) is 9.56. The summed E-state index contributed by atoms with van der Waals surface area (Å²) in [5.41, 5.74) is 0. The molecule has 0 bridgehead atoms. The van der Waals surface area contributed by atoms with Gasteiger partial charge < -0.3 is 15.1 Å². The summed E-state index contributed by atoms with van der Waals surface area (Å²) in [6, 6.07) is 0. The van der Waals surface area contributed by atoms with Crippen LogP contribution in [0.25, 0.3) is 0 Å². The Kier molecular flexibility index (Phi) is 7.28. The van der Waals surface area contributed by atoms with Crippen LogP contribution in [0.15, 0.2) is 0 Å². The fourth-order valence-electron chi connectivity index (χ4n) is 2.57. The molecule has 1 fully saturated rings. The first-order valence-electron chi connectivity index (χ1n) is 7.38. The summed E-state index contributed by atoms with van der Waals surface area (Å²) in [5.74, 6) is 0.0371. The van der Waals surface area contributed by atoms with Crippen molar-refractivity contribution in [3.63, 3.8) is 0 Å². The lowest BCUT2D eigenvalue weighted by molar-refractivity contribution is -0.769. The van der Waals surface area contributed by atoms with Crippen LogP contribution in [-0.4, -0.2) is 48.2 Å². The molecule has 1 aliphatic rings. The molecule has 0 aromatic carbocycles. The number of carbonyl (C=O) groups is 1. The van der Waals surface area contributed by atoms with Crippen LogP contribution in [0.1, 0.15) is 39.5 Å². The molecule has 0 saturated heterocycles. The quantitative estimate of drug-likeness (QED) is 0.536. The van der Waals surface area contributed by atoms with Crippen LogP contribution in [0.3, 0.4) is 0 Å². The highest BCUT2D eigenvalue weighted by Gasteiger charge is 2.27. The second-order valence-corrected chi connectivity index (χ2v) is 5.12. The zero-order chi connectivity index (χ0) is 15.0. The van der Waals surface area contributed by atoms with Crippen molar-refractivity contribution in [2.45, 2.75) is 45.6 Å². The number of hydrogen-bond acceptors (Lipinski definition) is 5. The lowest BCUT2D eigenvalue weighted by atomic mass is 9.87. The minimum atomic E-state index is -0.741. The summed E-state index contributed by atoms with van der Waals surface area (Å²) >= 11 is 0. The molecule has 0 unspecified atom stereocenters. The van der Waals surface area contributed by atoms with Crippen molar-refractivity contribution in [2.24, 2.45) is 5.92 Å². The average molecular weight is 287 g/mol. The first kappa shape index (κ1) is 16.7. The molecule has 0 aliphatic heterocycles. The van der Waals surface area contributed by atoms with Crippen LogP contribution < -0.4 is 5.32 Å². The van der Waals surface area contributed by atoms with Crippen LogP contribution in [0, 0.1) is 16.0 Å². The van der Waals surface area contributed by atoms with Gasteiger partial charge in [0.15, 0.2) is 0 Å². The monoisotopic (exact) mass is 287 g/mol. The van der Waals surface area contributed by atoms with Gasteiger partial charge in [0.2, 0.25) is 5.91 Å². The van der Waals surface area contributed by atoms with Gasteiger partial charge in [-0.05, 0) is 38.8 Å². The second kappa shape index (κ2) is 8.73. The highest BCUT2D eigenvalue weighted by Crippen LogP contribution is 2.26. The predicted octanol–water partition coefficient (Wildman–Crippen LogP) is 1.21.